The van der Waals surface area contributed by atoms with Gasteiger partial charge in [-0.1, -0.05) is 52.3 Å². The molecule has 2 amide bonds. The number of hydrogen-bond acceptors (Lipinski definition) is 1. The Labute approximate surface area is 168 Å². The lowest BCUT2D eigenvalue weighted by Crippen LogP contribution is -2.44. The van der Waals surface area contributed by atoms with E-state index in [9.17, 15) is 4.79 Å². The number of nitrogens with zero attached hydrogens (tertiary/aromatic N) is 1. The third-order valence-corrected chi connectivity index (χ3v) is 6.25. The van der Waals surface area contributed by atoms with Gasteiger partial charge < -0.3 is 15.2 Å². The molecule has 1 aliphatic heterocycles. The highest BCUT2D eigenvalue weighted by atomic mass is 79.9. The van der Waals surface area contributed by atoms with Crippen molar-refractivity contribution >= 4 is 32.9 Å². The molecule has 0 spiro atoms. The molecule has 140 valence electrons. The number of aromatic amines is 1. The Morgan fingerprint density at radius 3 is 2.67 bits per heavy atom. The summed E-state index contributed by atoms with van der Waals surface area (Å²) in [6.45, 7) is 2.28. The molecule has 1 aromatic heterocycles. The van der Waals surface area contributed by atoms with Crippen molar-refractivity contribution in [3.63, 3.8) is 0 Å². The Bertz CT molecular complexity index is 928. The molecule has 0 saturated carbocycles. The van der Waals surface area contributed by atoms with Crippen molar-refractivity contribution in [1.82, 2.24) is 15.2 Å². The van der Waals surface area contributed by atoms with Crippen molar-refractivity contribution in [2.75, 3.05) is 19.6 Å². The Hall–Kier alpha value is -2.27. The fourth-order valence-corrected chi connectivity index (χ4v) is 4.43. The third-order valence-electron chi connectivity index (χ3n) is 5.47. The van der Waals surface area contributed by atoms with Crippen LogP contribution in [0.15, 0.2) is 59.2 Å². The summed E-state index contributed by atoms with van der Waals surface area (Å²) in [6, 6.07) is 16.7. The number of H-pyrrole nitrogens is 1. The number of carbonyl (C=O) groups is 1. The number of piperidine rings is 1. The van der Waals surface area contributed by atoms with Gasteiger partial charge in [0.05, 0.1) is 0 Å². The smallest absolute Gasteiger partial charge is 0.317 e. The molecule has 2 aromatic carbocycles. The van der Waals surface area contributed by atoms with Crippen LogP contribution >= 0.6 is 15.9 Å². The maximum Gasteiger partial charge on any atom is 0.317 e. The molecule has 0 unspecified atom stereocenters. The van der Waals surface area contributed by atoms with E-state index in [2.05, 4.69) is 62.8 Å². The van der Waals surface area contributed by atoms with Gasteiger partial charge in [0.1, 0.15) is 0 Å². The van der Waals surface area contributed by atoms with E-state index >= 15 is 0 Å². The van der Waals surface area contributed by atoms with E-state index in [4.69, 9.17) is 0 Å². The van der Waals surface area contributed by atoms with Crippen LogP contribution in [-0.2, 0) is 6.42 Å². The number of likely N-dealkylation sites (tertiary alicyclic amines) is 1. The Morgan fingerprint density at radius 1 is 1.11 bits per heavy atom. The van der Waals surface area contributed by atoms with Crippen molar-refractivity contribution in [2.24, 2.45) is 0 Å². The highest BCUT2D eigenvalue weighted by Crippen LogP contribution is 2.33. The number of urea groups is 1. The highest BCUT2D eigenvalue weighted by Gasteiger charge is 2.25. The number of halogens is 1. The van der Waals surface area contributed by atoms with Gasteiger partial charge in [-0.05, 0) is 48.4 Å². The fraction of sp³-hybridized carbons (Fsp3) is 0.318. The molecule has 2 heterocycles. The molecule has 0 atom stereocenters. The van der Waals surface area contributed by atoms with Gasteiger partial charge in [0.2, 0.25) is 0 Å². The van der Waals surface area contributed by atoms with Crippen LogP contribution in [-0.4, -0.2) is 35.5 Å². The van der Waals surface area contributed by atoms with Crippen LogP contribution in [0.1, 0.15) is 29.9 Å². The maximum atomic E-state index is 12.5. The van der Waals surface area contributed by atoms with E-state index < -0.39 is 0 Å². The van der Waals surface area contributed by atoms with Gasteiger partial charge in [-0.15, -0.1) is 0 Å². The summed E-state index contributed by atoms with van der Waals surface area (Å²) in [7, 11) is 0. The Balaban J connectivity index is 1.28. The van der Waals surface area contributed by atoms with Crippen LogP contribution < -0.4 is 5.32 Å². The summed E-state index contributed by atoms with van der Waals surface area (Å²) < 4.78 is 1.10. The van der Waals surface area contributed by atoms with Crippen LogP contribution in [0.25, 0.3) is 10.9 Å². The molecule has 2 N–H and O–H groups in total. The molecule has 0 aliphatic carbocycles. The van der Waals surface area contributed by atoms with Gasteiger partial charge in [0, 0.05) is 41.2 Å². The van der Waals surface area contributed by atoms with Gasteiger partial charge in [-0.25, -0.2) is 4.79 Å². The largest absolute Gasteiger partial charge is 0.361 e. The standard InChI is InChI=1S/C22H24BrN3O/c23-20-7-3-1-5-17(20)9-12-24-22(27)26-13-10-16(11-14-26)19-15-25-21-8-4-2-6-18(19)21/h1-8,15-16,25H,9-14H2,(H,24,27). The molecule has 4 rings (SSSR count). The number of aromatic nitrogens is 1. The molecule has 1 aliphatic rings. The van der Waals surface area contributed by atoms with Gasteiger partial charge in [-0.2, -0.15) is 0 Å². The number of benzene rings is 2. The topological polar surface area (TPSA) is 48.1 Å². The molecule has 1 saturated heterocycles. The lowest BCUT2D eigenvalue weighted by atomic mass is 9.89. The van der Waals surface area contributed by atoms with Crippen LogP contribution in [0.2, 0.25) is 0 Å². The van der Waals surface area contributed by atoms with Crippen molar-refractivity contribution in [3.05, 3.63) is 70.3 Å². The highest BCUT2D eigenvalue weighted by molar-refractivity contribution is 9.10. The first-order valence-electron chi connectivity index (χ1n) is 9.54. The van der Waals surface area contributed by atoms with Crippen LogP contribution in [0.5, 0.6) is 0 Å². The molecule has 27 heavy (non-hydrogen) atoms. The predicted octanol–water partition coefficient (Wildman–Crippen LogP) is 5.06. The van der Waals surface area contributed by atoms with E-state index in [0.29, 0.717) is 12.5 Å². The molecule has 1 fully saturated rings. The zero-order valence-corrected chi connectivity index (χ0v) is 16.8. The number of nitrogens with one attached hydrogen (secondary N) is 2. The third kappa shape index (κ3) is 4.03. The number of hydrogen-bond donors (Lipinski definition) is 2. The minimum Gasteiger partial charge on any atom is -0.361 e. The van der Waals surface area contributed by atoms with Gasteiger partial charge >= 0.3 is 6.03 Å². The number of para-hydroxylation sites is 1. The maximum absolute atomic E-state index is 12.5. The molecular weight excluding hydrogens is 402 g/mol. The van der Waals surface area contributed by atoms with Crippen LogP contribution in [0.4, 0.5) is 4.79 Å². The first-order chi connectivity index (χ1) is 13.2. The van der Waals surface area contributed by atoms with E-state index in [1.807, 2.05) is 23.1 Å². The molecular formula is C22H24BrN3O. The lowest BCUT2D eigenvalue weighted by Gasteiger charge is -2.32. The predicted molar refractivity (Wildman–Crippen MR) is 113 cm³/mol. The van der Waals surface area contributed by atoms with E-state index in [0.717, 1.165) is 36.8 Å². The molecule has 0 radical (unpaired) electrons. The number of rotatable bonds is 4. The van der Waals surface area contributed by atoms with Crippen molar-refractivity contribution in [3.8, 4) is 0 Å². The second-order valence-corrected chi connectivity index (χ2v) is 7.98. The lowest BCUT2D eigenvalue weighted by molar-refractivity contribution is 0.181. The quantitative estimate of drug-likeness (QED) is 0.602. The van der Waals surface area contributed by atoms with E-state index in [1.165, 1.54) is 22.0 Å². The Kier molecular flexibility index (Phi) is 5.48. The Morgan fingerprint density at radius 2 is 1.85 bits per heavy atom. The van der Waals surface area contributed by atoms with Gasteiger partial charge in [-0.3, -0.25) is 0 Å². The van der Waals surface area contributed by atoms with E-state index in [-0.39, 0.29) is 6.03 Å². The zero-order valence-electron chi connectivity index (χ0n) is 15.2. The van der Waals surface area contributed by atoms with Gasteiger partial charge in [0.25, 0.3) is 0 Å². The number of amides is 2. The summed E-state index contributed by atoms with van der Waals surface area (Å²) >= 11 is 3.56. The monoisotopic (exact) mass is 425 g/mol. The first kappa shape index (κ1) is 18.1. The summed E-state index contributed by atoms with van der Waals surface area (Å²) in [5.74, 6) is 0.519. The summed E-state index contributed by atoms with van der Waals surface area (Å²) in [5.41, 5.74) is 3.80. The molecule has 4 nitrogen and oxygen atoms in total. The average molecular weight is 426 g/mol. The zero-order chi connectivity index (χ0) is 18.6. The minimum atomic E-state index is 0.0550. The summed E-state index contributed by atoms with van der Waals surface area (Å²) in [4.78, 5) is 17.8. The van der Waals surface area contributed by atoms with E-state index in [1.54, 1.807) is 0 Å². The SMILES string of the molecule is O=C(NCCc1ccccc1Br)N1CCC(c2c[nH]c3ccccc23)CC1. The molecule has 3 aromatic rings. The number of carbonyl (C=O) groups excluding carboxylic acids is 1. The summed E-state index contributed by atoms with van der Waals surface area (Å²) in [6.07, 6.45) is 5.00. The fourth-order valence-electron chi connectivity index (χ4n) is 3.94. The second-order valence-electron chi connectivity index (χ2n) is 7.12. The second kappa shape index (κ2) is 8.17. The molecule has 0 bridgehead atoms. The first-order valence-corrected chi connectivity index (χ1v) is 10.3. The van der Waals surface area contributed by atoms with Crippen molar-refractivity contribution in [2.45, 2.75) is 25.2 Å². The van der Waals surface area contributed by atoms with Crippen molar-refractivity contribution < 1.29 is 4.79 Å². The van der Waals surface area contributed by atoms with Crippen LogP contribution in [0, 0.1) is 0 Å². The summed E-state index contributed by atoms with van der Waals surface area (Å²) in [5, 5.41) is 4.38. The normalized spacial score (nSPS) is 15.2. The van der Waals surface area contributed by atoms with Crippen LogP contribution in [0.3, 0.4) is 0 Å². The number of fused-ring (bicyclic) bond motifs is 1. The molecule has 5 heteroatoms. The average Bonchev–Trinajstić information content (AvgIpc) is 3.14. The van der Waals surface area contributed by atoms with Crippen molar-refractivity contribution in [1.29, 1.82) is 0 Å². The minimum absolute atomic E-state index is 0.0550. The van der Waals surface area contributed by atoms with Gasteiger partial charge in [0.15, 0.2) is 0 Å².